The van der Waals surface area contributed by atoms with Crippen LogP contribution in [0.5, 0.6) is 0 Å². The number of carbonyl (C=O) groups excluding carboxylic acids is 1. The maximum Gasteiger partial charge on any atom is 0.270 e. The second-order valence-corrected chi connectivity index (χ2v) is 4.73. The zero-order valence-corrected chi connectivity index (χ0v) is 11.8. The monoisotopic (exact) mass is 289 g/mol. The molecule has 110 valence electrons. The van der Waals surface area contributed by atoms with E-state index >= 15 is 0 Å². The molecule has 7 heteroatoms. The molecule has 7 nitrogen and oxygen atoms in total. The van der Waals surface area contributed by atoms with Crippen LogP contribution in [-0.4, -0.2) is 20.8 Å². The summed E-state index contributed by atoms with van der Waals surface area (Å²) in [5, 5.41) is 14.6. The Morgan fingerprint density at radius 1 is 1.43 bits per heavy atom. The van der Waals surface area contributed by atoms with Gasteiger partial charge in [0.25, 0.3) is 5.69 Å². The molecule has 0 aliphatic carbocycles. The number of aryl methyl sites for hydroxylation is 1. The van der Waals surface area contributed by atoms with E-state index in [1.807, 2.05) is 6.92 Å². The molecule has 2 aromatic rings. The first-order chi connectivity index (χ1) is 10.0. The summed E-state index contributed by atoms with van der Waals surface area (Å²) in [6, 6.07) is 4.45. The molecule has 1 heterocycles. The molecule has 0 aliphatic heterocycles. The molecule has 2 rings (SSSR count). The minimum atomic E-state index is -0.477. The van der Waals surface area contributed by atoms with E-state index in [1.54, 1.807) is 13.0 Å². The topological polar surface area (TPSA) is 99.1 Å². The number of hydrogen-bond acceptors (Lipinski definition) is 6. The van der Waals surface area contributed by atoms with E-state index in [9.17, 15) is 14.9 Å². The summed E-state index contributed by atoms with van der Waals surface area (Å²) in [7, 11) is 0. The van der Waals surface area contributed by atoms with Gasteiger partial charge in [0.15, 0.2) is 0 Å². The van der Waals surface area contributed by atoms with Crippen LogP contribution in [0, 0.1) is 17.0 Å². The Kier molecular flexibility index (Phi) is 4.42. The number of benzene rings is 1. The molecule has 0 atom stereocenters. The Morgan fingerprint density at radius 2 is 2.19 bits per heavy atom. The average molecular weight is 289 g/mol. The fraction of sp³-hybridized carbons (Fsp3) is 0.357. The van der Waals surface area contributed by atoms with Crippen molar-refractivity contribution >= 4 is 11.5 Å². The normalized spacial score (nSPS) is 10.6. The molecule has 1 aromatic heterocycles. The van der Waals surface area contributed by atoms with Gasteiger partial charge < -0.3 is 4.52 Å². The summed E-state index contributed by atoms with van der Waals surface area (Å²) < 4.78 is 5.04. The number of aromatic nitrogens is 2. The van der Waals surface area contributed by atoms with E-state index in [0.717, 1.165) is 12.0 Å². The second-order valence-electron chi connectivity index (χ2n) is 4.73. The van der Waals surface area contributed by atoms with Gasteiger partial charge in [0.1, 0.15) is 5.78 Å². The van der Waals surface area contributed by atoms with Crippen LogP contribution in [-0.2, 0) is 11.2 Å². The molecule has 21 heavy (non-hydrogen) atoms. The van der Waals surface area contributed by atoms with Crippen LogP contribution in [0.1, 0.15) is 31.2 Å². The number of nitro groups is 1. The first-order valence-corrected chi connectivity index (χ1v) is 6.61. The van der Waals surface area contributed by atoms with Crippen molar-refractivity contribution in [3.8, 4) is 11.4 Å². The van der Waals surface area contributed by atoms with Crippen LogP contribution in [0.4, 0.5) is 5.69 Å². The molecule has 0 unspecified atom stereocenters. The van der Waals surface area contributed by atoms with Crippen molar-refractivity contribution in [1.29, 1.82) is 0 Å². The highest BCUT2D eigenvalue weighted by Gasteiger charge is 2.16. The van der Waals surface area contributed by atoms with E-state index < -0.39 is 4.92 Å². The third-order valence-corrected chi connectivity index (χ3v) is 3.02. The lowest BCUT2D eigenvalue weighted by Gasteiger charge is -2.00. The maximum absolute atomic E-state index is 11.6. The van der Waals surface area contributed by atoms with Crippen LogP contribution in [0.25, 0.3) is 11.4 Å². The Hall–Kier alpha value is -2.57. The molecule has 0 N–H and O–H groups in total. The molecule has 0 radical (unpaired) electrons. The van der Waals surface area contributed by atoms with E-state index in [2.05, 4.69) is 10.1 Å². The van der Waals surface area contributed by atoms with E-state index in [-0.39, 0.29) is 29.6 Å². The Morgan fingerprint density at radius 3 is 2.86 bits per heavy atom. The second kappa shape index (κ2) is 6.25. The Balaban J connectivity index is 2.27. The molecule has 0 saturated heterocycles. The summed E-state index contributed by atoms with van der Waals surface area (Å²) in [5.74, 6) is 0.522. The summed E-state index contributed by atoms with van der Waals surface area (Å²) in [6.45, 7) is 3.72. The summed E-state index contributed by atoms with van der Waals surface area (Å²) in [5.41, 5.74) is 1.29. The molecular weight excluding hydrogens is 274 g/mol. The third kappa shape index (κ3) is 3.50. The van der Waals surface area contributed by atoms with E-state index in [0.29, 0.717) is 12.0 Å². The van der Waals surface area contributed by atoms with Crippen LogP contribution in [0.15, 0.2) is 22.7 Å². The minimum absolute atomic E-state index is 0.0310. The number of hydrogen-bond donors (Lipinski definition) is 0. The molecule has 0 aliphatic rings. The van der Waals surface area contributed by atoms with Crippen molar-refractivity contribution in [2.24, 2.45) is 0 Å². The zero-order chi connectivity index (χ0) is 15.4. The van der Waals surface area contributed by atoms with Gasteiger partial charge in [0.2, 0.25) is 11.7 Å². The maximum atomic E-state index is 11.6. The van der Waals surface area contributed by atoms with Crippen molar-refractivity contribution in [3.05, 3.63) is 39.8 Å². The first kappa shape index (κ1) is 14.8. The third-order valence-electron chi connectivity index (χ3n) is 3.02. The summed E-state index contributed by atoms with van der Waals surface area (Å²) in [6.07, 6.45) is 1.33. The number of non-ortho nitro benzene ring substituents is 1. The van der Waals surface area contributed by atoms with Crippen LogP contribution >= 0.6 is 0 Å². The lowest BCUT2D eigenvalue weighted by atomic mass is 10.1. The number of carbonyl (C=O) groups is 1. The SMILES string of the molecule is CCCC(=O)Cc1nc(-c2cc([N+](=O)[O-])ccc2C)no1. The van der Waals surface area contributed by atoms with Gasteiger partial charge in [-0.3, -0.25) is 14.9 Å². The van der Waals surface area contributed by atoms with Gasteiger partial charge in [-0.2, -0.15) is 4.98 Å². The largest absolute Gasteiger partial charge is 0.339 e. The summed E-state index contributed by atoms with van der Waals surface area (Å²) >= 11 is 0. The first-order valence-electron chi connectivity index (χ1n) is 6.61. The quantitative estimate of drug-likeness (QED) is 0.599. The highest BCUT2D eigenvalue weighted by Crippen LogP contribution is 2.25. The molecule has 0 saturated carbocycles. The van der Waals surface area contributed by atoms with Crippen molar-refractivity contribution in [2.75, 3.05) is 0 Å². The predicted octanol–water partition coefficient (Wildman–Crippen LogP) is 2.86. The molecule has 1 aromatic carbocycles. The van der Waals surface area contributed by atoms with Gasteiger partial charge in [-0.1, -0.05) is 18.1 Å². The molecule has 0 bridgehead atoms. The fourth-order valence-corrected chi connectivity index (χ4v) is 1.94. The van der Waals surface area contributed by atoms with Gasteiger partial charge >= 0.3 is 0 Å². The number of ketones is 1. The lowest BCUT2D eigenvalue weighted by molar-refractivity contribution is -0.384. The Labute approximate surface area is 121 Å². The Bertz CT molecular complexity index is 679. The van der Waals surface area contributed by atoms with E-state index in [1.165, 1.54) is 12.1 Å². The average Bonchev–Trinajstić information content (AvgIpc) is 2.87. The van der Waals surface area contributed by atoms with Gasteiger partial charge in [-0.25, -0.2) is 0 Å². The highest BCUT2D eigenvalue weighted by atomic mass is 16.6. The molecule has 0 fully saturated rings. The van der Waals surface area contributed by atoms with Crippen molar-refractivity contribution in [2.45, 2.75) is 33.1 Å². The molecular formula is C14H15N3O4. The minimum Gasteiger partial charge on any atom is -0.339 e. The predicted molar refractivity (Wildman–Crippen MR) is 74.7 cm³/mol. The van der Waals surface area contributed by atoms with Gasteiger partial charge in [-0.05, 0) is 18.9 Å². The van der Waals surface area contributed by atoms with Crippen molar-refractivity contribution in [3.63, 3.8) is 0 Å². The van der Waals surface area contributed by atoms with Crippen LogP contribution in [0.3, 0.4) is 0 Å². The molecule has 0 spiro atoms. The fourth-order valence-electron chi connectivity index (χ4n) is 1.94. The number of nitrogens with zero attached hydrogens (tertiary/aromatic N) is 3. The molecule has 0 amide bonds. The van der Waals surface area contributed by atoms with Gasteiger partial charge in [-0.15, -0.1) is 0 Å². The van der Waals surface area contributed by atoms with Crippen molar-refractivity contribution < 1.29 is 14.2 Å². The zero-order valence-electron chi connectivity index (χ0n) is 11.8. The lowest BCUT2D eigenvalue weighted by Crippen LogP contribution is -2.01. The number of nitro benzene ring substituents is 1. The highest BCUT2D eigenvalue weighted by molar-refractivity contribution is 5.80. The van der Waals surface area contributed by atoms with Crippen molar-refractivity contribution in [1.82, 2.24) is 10.1 Å². The van der Waals surface area contributed by atoms with Gasteiger partial charge in [0.05, 0.1) is 11.3 Å². The summed E-state index contributed by atoms with van der Waals surface area (Å²) in [4.78, 5) is 26.0. The number of rotatable bonds is 6. The van der Waals surface area contributed by atoms with Crippen LogP contribution in [0.2, 0.25) is 0 Å². The number of Topliss-reactive ketones (excluding diaryl/α,β-unsaturated/α-hetero) is 1. The van der Waals surface area contributed by atoms with Crippen LogP contribution < -0.4 is 0 Å². The van der Waals surface area contributed by atoms with Gasteiger partial charge in [0, 0.05) is 24.1 Å². The standard InChI is InChI=1S/C14H15N3O4/c1-3-4-11(18)8-13-15-14(16-21-13)12-7-10(17(19)20)6-5-9(12)2/h5-7H,3-4,8H2,1-2H3. The smallest absolute Gasteiger partial charge is 0.270 e. The van der Waals surface area contributed by atoms with E-state index in [4.69, 9.17) is 4.52 Å².